The lowest BCUT2D eigenvalue weighted by atomic mass is 9.36. The number of fused-ring (bicyclic) bond motifs is 1. The number of rotatable bonds is 2. The largest absolute Gasteiger partial charge is 0.472 e. The molecule has 0 bridgehead atoms. The standard InChI is InChI=1S/C28H32O10/c1-13(29)35-18-19-24(2,3)37-16-10-17(30)34-12-27(16,19)15-6-8-25(4)21(14-7-9-33-11-14)36-23(32)22-28(25,38-22)26(15,5)20(18)31/h7,9,11,15-16,18-19,21-22H,6,8,10,12H2,1-5H3/t15?,16-,18+,19+,21-,22+,25-,26-,27-,28+/m0/s1. The predicted octanol–water partition coefficient (Wildman–Crippen LogP) is 2.68. The van der Waals surface area contributed by atoms with Crippen molar-refractivity contribution in [2.24, 2.45) is 28.1 Å². The van der Waals surface area contributed by atoms with Gasteiger partial charge in [-0.25, -0.2) is 4.79 Å². The van der Waals surface area contributed by atoms with Gasteiger partial charge in [0.05, 0.1) is 36.1 Å². The molecule has 10 nitrogen and oxygen atoms in total. The third-order valence-electron chi connectivity index (χ3n) is 11.0. The van der Waals surface area contributed by atoms with Crippen molar-refractivity contribution in [2.75, 3.05) is 6.61 Å². The molecule has 0 amide bonds. The Balaban J connectivity index is 1.45. The van der Waals surface area contributed by atoms with E-state index in [1.54, 1.807) is 12.3 Å². The highest BCUT2D eigenvalue weighted by molar-refractivity contribution is 5.97. The van der Waals surface area contributed by atoms with Crippen molar-refractivity contribution in [2.45, 2.75) is 89.5 Å². The zero-order chi connectivity index (χ0) is 27.0. The number of furan rings is 1. The second-order valence-corrected chi connectivity index (χ2v) is 12.9. The fourth-order valence-corrected chi connectivity index (χ4v) is 9.78. The normalized spacial score (nSPS) is 49.9. The van der Waals surface area contributed by atoms with E-state index in [0.29, 0.717) is 18.4 Å². The van der Waals surface area contributed by atoms with Crippen LogP contribution in [0.25, 0.3) is 0 Å². The zero-order valence-electron chi connectivity index (χ0n) is 22.1. The van der Waals surface area contributed by atoms with E-state index >= 15 is 0 Å². The van der Waals surface area contributed by atoms with Gasteiger partial charge < -0.3 is 28.1 Å². The number of Topliss-reactive ketones (excluding diaryl/α,β-unsaturated/α-hetero) is 1. The Morgan fingerprint density at radius 1 is 1.08 bits per heavy atom. The number of epoxide rings is 1. The fraction of sp³-hybridized carbons (Fsp3) is 0.714. The van der Waals surface area contributed by atoms with Gasteiger partial charge in [0.1, 0.15) is 18.3 Å². The van der Waals surface area contributed by atoms with Gasteiger partial charge in [-0.3, -0.25) is 14.4 Å². The summed E-state index contributed by atoms with van der Waals surface area (Å²) in [4.78, 5) is 53.0. The third-order valence-corrected chi connectivity index (χ3v) is 11.0. The highest BCUT2D eigenvalue weighted by atomic mass is 16.7. The second-order valence-electron chi connectivity index (χ2n) is 12.9. The maximum Gasteiger partial charge on any atom is 0.339 e. The van der Waals surface area contributed by atoms with Gasteiger partial charge in [-0.1, -0.05) is 6.92 Å². The lowest BCUT2D eigenvalue weighted by molar-refractivity contribution is -0.240. The molecule has 10 heteroatoms. The fourth-order valence-electron chi connectivity index (χ4n) is 9.78. The van der Waals surface area contributed by atoms with Crippen LogP contribution < -0.4 is 0 Å². The smallest absolute Gasteiger partial charge is 0.339 e. The van der Waals surface area contributed by atoms with E-state index in [2.05, 4.69) is 0 Å². The van der Waals surface area contributed by atoms with Crippen LogP contribution in [0.1, 0.15) is 65.5 Å². The monoisotopic (exact) mass is 528 g/mol. The molecule has 10 atom stereocenters. The SMILES string of the molecule is CC(=O)O[C@H]1C(=O)[C@]2(C)C(CC[C@@]3(C)[C@H](c4ccoc4)OC(=O)[C@H]4O[C@]432)[C@@]23COC(=O)C[C@@H]2OC(C)(C)[C@@H]13. The van der Waals surface area contributed by atoms with Crippen molar-refractivity contribution in [3.05, 3.63) is 24.2 Å². The van der Waals surface area contributed by atoms with Gasteiger partial charge in [0.2, 0.25) is 0 Å². The highest BCUT2D eigenvalue weighted by Crippen LogP contribution is 2.79. The van der Waals surface area contributed by atoms with Crippen LogP contribution in [0.5, 0.6) is 0 Å². The van der Waals surface area contributed by atoms with E-state index in [9.17, 15) is 19.2 Å². The zero-order valence-corrected chi connectivity index (χ0v) is 22.1. The predicted molar refractivity (Wildman–Crippen MR) is 125 cm³/mol. The van der Waals surface area contributed by atoms with Gasteiger partial charge in [0.25, 0.3) is 0 Å². The molecule has 4 saturated heterocycles. The molecule has 2 saturated carbocycles. The van der Waals surface area contributed by atoms with Crippen LogP contribution in [0.4, 0.5) is 0 Å². The molecule has 6 aliphatic rings. The molecular formula is C28H32O10. The Morgan fingerprint density at radius 3 is 2.53 bits per heavy atom. The van der Waals surface area contributed by atoms with Crippen molar-refractivity contribution in [1.29, 1.82) is 0 Å². The molecule has 38 heavy (non-hydrogen) atoms. The third kappa shape index (κ3) is 2.48. The van der Waals surface area contributed by atoms with Crippen LogP contribution in [-0.2, 0) is 42.9 Å². The summed E-state index contributed by atoms with van der Waals surface area (Å²) in [5.41, 5.74) is -4.21. The second kappa shape index (κ2) is 7.07. The van der Waals surface area contributed by atoms with Gasteiger partial charge in [-0.2, -0.15) is 0 Å². The number of hydrogen-bond donors (Lipinski definition) is 0. The molecule has 6 fully saturated rings. The quantitative estimate of drug-likeness (QED) is 0.321. The summed E-state index contributed by atoms with van der Waals surface area (Å²) in [6, 6.07) is 1.76. The van der Waals surface area contributed by atoms with E-state index in [-0.39, 0.29) is 30.7 Å². The molecular weight excluding hydrogens is 496 g/mol. The topological polar surface area (TPSA) is 131 Å². The minimum atomic E-state index is -1.26. The molecule has 2 spiro atoms. The Hall–Kier alpha value is -2.72. The Kier molecular flexibility index (Phi) is 4.53. The summed E-state index contributed by atoms with van der Waals surface area (Å²) in [5, 5.41) is 0. The van der Waals surface area contributed by atoms with Crippen LogP contribution in [0, 0.1) is 28.1 Å². The minimum Gasteiger partial charge on any atom is -0.472 e. The highest BCUT2D eigenvalue weighted by Gasteiger charge is 2.91. The van der Waals surface area contributed by atoms with Crippen LogP contribution >= 0.6 is 0 Å². The van der Waals surface area contributed by atoms with E-state index < -0.39 is 69.7 Å². The van der Waals surface area contributed by atoms with E-state index in [0.717, 1.165) is 0 Å². The minimum absolute atomic E-state index is 0.0434. The number of ether oxygens (including phenoxy) is 5. The summed E-state index contributed by atoms with van der Waals surface area (Å²) in [7, 11) is 0. The average Bonchev–Trinajstić information content (AvgIpc) is 3.31. The van der Waals surface area contributed by atoms with Gasteiger partial charge in [0, 0.05) is 29.2 Å². The maximum atomic E-state index is 14.8. The first-order chi connectivity index (χ1) is 17.8. The molecule has 204 valence electrons. The number of carbonyl (C=O) groups excluding carboxylic acids is 4. The van der Waals surface area contributed by atoms with Crippen LogP contribution in [-0.4, -0.2) is 59.8 Å². The summed E-state index contributed by atoms with van der Waals surface area (Å²) < 4.78 is 35.7. The molecule has 0 aromatic carbocycles. The summed E-state index contributed by atoms with van der Waals surface area (Å²) >= 11 is 0. The molecule has 4 aliphatic heterocycles. The molecule has 1 aromatic rings. The molecule has 1 aromatic heterocycles. The maximum absolute atomic E-state index is 14.8. The van der Waals surface area contributed by atoms with Gasteiger partial charge in [-0.15, -0.1) is 0 Å². The molecule has 1 unspecified atom stereocenters. The van der Waals surface area contributed by atoms with Crippen LogP contribution in [0.3, 0.4) is 0 Å². The van der Waals surface area contributed by atoms with Gasteiger partial charge >= 0.3 is 17.9 Å². The molecule has 0 N–H and O–H groups in total. The molecule has 5 heterocycles. The van der Waals surface area contributed by atoms with Gasteiger partial charge in [0.15, 0.2) is 18.0 Å². The first-order valence-electron chi connectivity index (χ1n) is 13.3. The lowest BCUT2D eigenvalue weighted by Gasteiger charge is -2.65. The summed E-state index contributed by atoms with van der Waals surface area (Å²) in [6.45, 7) is 8.93. The van der Waals surface area contributed by atoms with Crippen LogP contribution in [0.15, 0.2) is 23.0 Å². The van der Waals surface area contributed by atoms with Crippen molar-refractivity contribution >= 4 is 23.7 Å². The Labute approximate surface area is 219 Å². The van der Waals surface area contributed by atoms with E-state index in [4.69, 9.17) is 28.1 Å². The lowest BCUT2D eigenvalue weighted by Crippen LogP contribution is -2.76. The van der Waals surface area contributed by atoms with E-state index in [1.165, 1.54) is 13.2 Å². The van der Waals surface area contributed by atoms with Crippen molar-refractivity contribution in [3.63, 3.8) is 0 Å². The summed E-state index contributed by atoms with van der Waals surface area (Å²) in [6.07, 6.45) is 0.994. The average molecular weight is 529 g/mol. The first-order valence-corrected chi connectivity index (χ1v) is 13.3. The number of esters is 3. The number of ketones is 1. The Morgan fingerprint density at radius 2 is 1.84 bits per heavy atom. The number of hydrogen-bond acceptors (Lipinski definition) is 10. The first kappa shape index (κ1) is 24.3. The van der Waals surface area contributed by atoms with Gasteiger partial charge in [-0.05, 0) is 45.6 Å². The number of cyclic esters (lactones) is 2. The Bertz CT molecular complexity index is 1270. The van der Waals surface area contributed by atoms with E-state index in [1.807, 2.05) is 27.7 Å². The molecule has 0 radical (unpaired) electrons. The molecule has 2 aliphatic carbocycles. The van der Waals surface area contributed by atoms with Crippen molar-refractivity contribution < 1.29 is 47.3 Å². The van der Waals surface area contributed by atoms with Crippen molar-refractivity contribution in [1.82, 2.24) is 0 Å². The summed E-state index contributed by atoms with van der Waals surface area (Å²) in [5.74, 6) is -2.65. The van der Waals surface area contributed by atoms with Crippen molar-refractivity contribution in [3.8, 4) is 0 Å². The molecule has 7 rings (SSSR count). The van der Waals surface area contributed by atoms with Crippen LogP contribution in [0.2, 0.25) is 0 Å². The number of carbonyl (C=O) groups is 4.